The van der Waals surface area contributed by atoms with Crippen molar-refractivity contribution >= 4 is 12.0 Å². The van der Waals surface area contributed by atoms with E-state index in [1.54, 1.807) is 6.92 Å². The predicted molar refractivity (Wildman–Crippen MR) is 58.2 cm³/mol. The summed E-state index contributed by atoms with van der Waals surface area (Å²) in [7, 11) is 3.73. The number of carbonyl (C=O) groups is 2. The van der Waals surface area contributed by atoms with Crippen LogP contribution in [0.4, 0.5) is 4.79 Å². The van der Waals surface area contributed by atoms with E-state index in [-0.39, 0.29) is 6.04 Å². The highest BCUT2D eigenvalue weighted by Gasteiger charge is 2.19. The van der Waals surface area contributed by atoms with Gasteiger partial charge in [-0.2, -0.15) is 0 Å². The van der Waals surface area contributed by atoms with Gasteiger partial charge in [0.1, 0.15) is 0 Å². The number of nitrogens with zero attached hydrogens (tertiary/aromatic N) is 1. The molecule has 0 aromatic carbocycles. The fourth-order valence-electron chi connectivity index (χ4n) is 1.20. The Morgan fingerprint density at radius 3 is 2.25 bits per heavy atom. The van der Waals surface area contributed by atoms with Crippen LogP contribution in [0.3, 0.4) is 0 Å². The molecule has 0 bridgehead atoms. The zero-order valence-corrected chi connectivity index (χ0v) is 9.73. The number of nitrogens with one attached hydrogen (secondary N) is 2. The molecule has 0 saturated carbocycles. The van der Waals surface area contributed by atoms with E-state index in [4.69, 9.17) is 10.2 Å². The highest BCUT2D eigenvalue weighted by molar-refractivity contribution is 5.82. The van der Waals surface area contributed by atoms with Crippen LogP contribution in [0.15, 0.2) is 0 Å². The number of amides is 2. The van der Waals surface area contributed by atoms with Gasteiger partial charge in [-0.25, -0.2) is 9.59 Å². The lowest BCUT2D eigenvalue weighted by Crippen LogP contribution is -2.51. The second kappa shape index (κ2) is 7.02. The van der Waals surface area contributed by atoms with E-state index in [1.807, 2.05) is 19.0 Å². The minimum Gasteiger partial charge on any atom is -0.480 e. The Morgan fingerprint density at radius 2 is 1.88 bits per heavy atom. The topological polar surface area (TPSA) is 102 Å². The number of carboxylic acid groups (broad SMARTS) is 1. The van der Waals surface area contributed by atoms with Crippen LogP contribution in [-0.4, -0.2) is 66.4 Å². The molecule has 4 N–H and O–H groups in total. The Kier molecular flexibility index (Phi) is 6.43. The molecule has 7 nitrogen and oxygen atoms in total. The van der Waals surface area contributed by atoms with Gasteiger partial charge in [0.2, 0.25) is 0 Å². The highest BCUT2D eigenvalue weighted by atomic mass is 16.4. The first kappa shape index (κ1) is 14.7. The number of rotatable bonds is 6. The van der Waals surface area contributed by atoms with E-state index in [0.29, 0.717) is 6.54 Å². The van der Waals surface area contributed by atoms with Crippen molar-refractivity contribution in [2.24, 2.45) is 0 Å². The van der Waals surface area contributed by atoms with Crippen LogP contribution >= 0.6 is 0 Å². The smallest absolute Gasteiger partial charge is 0.328 e. The Hall–Kier alpha value is -1.34. The summed E-state index contributed by atoms with van der Waals surface area (Å²) in [5.41, 5.74) is 0. The third-order valence-electron chi connectivity index (χ3n) is 1.80. The van der Waals surface area contributed by atoms with Gasteiger partial charge in [-0.15, -0.1) is 0 Å². The number of aliphatic carboxylic acids is 1. The number of aliphatic hydroxyl groups excluding tert-OH is 1. The largest absolute Gasteiger partial charge is 0.480 e. The molecule has 2 amide bonds. The van der Waals surface area contributed by atoms with E-state index in [9.17, 15) is 9.59 Å². The molecule has 2 atom stereocenters. The summed E-state index contributed by atoms with van der Waals surface area (Å²) in [4.78, 5) is 23.7. The fraction of sp³-hybridized carbons (Fsp3) is 0.778. The van der Waals surface area contributed by atoms with Gasteiger partial charge >= 0.3 is 12.0 Å². The van der Waals surface area contributed by atoms with Crippen LogP contribution < -0.4 is 10.6 Å². The van der Waals surface area contributed by atoms with Crippen LogP contribution in [0.5, 0.6) is 0 Å². The molecule has 16 heavy (non-hydrogen) atoms. The van der Waals surface area contributed by atoms with Crippen LogP contribution in [-0.2, 0) is 4.79 Å². The van der Waals surface area contributed by atoms with Crippen molar-refractivity contribution in [2.75, 3.05) is 27.2 Å². The standard InChI is InChI=1S/C9H19N3O4/c1-6(4-12(2)3)10-9(16)11-7(5-13)8(14)15/h6-7,13H,4-5H2,1-3H3,(H,14,15)(H2,10,11,16). The lowest BCUT2D eigenvalue weighted by atomic mass is 10.3. The summed E-state index contributed by atoms with van der Waals surface area (Å²) < 4.78 is 0. The first-order valence-electron chi connectivity index (χ1n) is 4.92. The van der Waals surface area contributed by atoms with Gasteiger partial charge in [-0.1, -0.05) is 0 Å². The third-order valence-corrected chi connectivity index (χ3v) is 1.80. The Balaban J connectivity index is 4.02. The number of carboxylic acids is 1. The summed E-state index contributed by atoms with van der Waals surface area (Å²) >= 11 is 0. The number of hydrogen-bond donors (Lipinski definition) is 4. The Morgan fingerprint density at radius 1 is 1.31 bits per heavy atom. The quantitative estimate of drug-likeness (QED) is 0.456. The number of hydrogen-bond acceptors (Lipinski definition) is 4. The molecule has 0 saturated heterocycles. The maximum atomic E-state index is 11.3. The highest BCUT2D eigenvalue weighted by Crippen LogP contribution is 1.87. The summed E-state index contributed by atoms with van der Waals surface area (Å²) in [6.45, 7) is 1.81. The van der Waals surface area contributed by atoms with Gasteiger partial charge < -0.3 is 25.7 Å². The van der Waals surface area contributed by atoms with Gasteiger partial charge in [0.15, 0.2) is 6.04 Å². The van der Waals surface area contributed by atoms with Gasteiger partial charge in [0, 0.05) is 12.6 Å². The molecule has 0 fully saturated rings. The molecular weight excluding hydrogens is 214 g/mol. The van der Waals surface area contributed by atoms with Crippen molar-refractivity contribution in [1.82, 2.24) is 15.5 Å². The number of carbonyl (C=O) groups excluding carboxylic acids is 1. The monoisotopic (exact) mass is 233 g/mol. The van der Waals surface area contributed by atoms with Crippen LogP contribution in [0.2, 0.25) is 0 Å². The van der Waals surface area contributed by atoms with Crippen molar-refractivity contribution in [3.05, 3.63) is 0 Å². The molecule has 7 heteroatoms. The fourth-order valence-corrected chi connectivity index (χ4v) is 1.20. The van der Waals surface area contributed by atoms with E-state index < -0.39 is 24.6 Å². The summed E-state index contributed by atoms with van der Waals surface area (Å²) in [5.74, 6) is -1.27. The second-order valence-corrected chi connectivity index (χ2v) is 3.85. The van der Waals surface area contributed by atoms with E-state index in [2.05, 4.69) is 10.6 Å². The lowest BCUT2D eigenvalue weighted by molar-refractivity contribution is -0.140. The van der Waals surface area contributed by atoms with Crippen molar-refractivity contribution in [3.8, 4) is 0 Å². The molecule has 0 spiro atoms. The van der Waals surface area contributed by atoms with Crippen molar-refractivity contribution in [2.45, 2.75) is 19.0 Å². The number of likely N-dealkylation sites (N-methyl/N-ethyl adjacent to an activating group) is 1. The molecular formula is C9H19N3O4. The molecule has 0 aromatic rings. The minimum absolute atomic E-state index is 0.108. The first-order valence-corrected chi connectivity index (χ1v) is 4.92. The van der Waals surface area contributed by atoms with E-state index in [0.717, 1.165) is 0 Å². The second-order valence-electron chi connectivity index (χ2n) is 3.85. The van der Waals surface area contributed by atoms with Gasteiger partial charge in [0.05, 0.1) is 6.61 Å². The maximum Gasteiger partial charge on any atom is 0.328 e. The average molecular weight is 233 g/mol. The van der Waals surface area contributed by atoms with E-state index >= 15 is 0 Å². The Labute approximate surface area is 94.4 Å². The molecule has 0 rings (SSSR count). The summed E-state index contributed by atoms with van der Waals surface area (Å²) in [6.07, 6.45) is 0. The summed E-state index contributed by atoms with van der Waals surface area (Å²) in [5, 5.41) is 22.0. The molecule has 0 aliphatic heterocycles. The van der Waals surface area contributed by atoms with Crippen molar-refractivity contribution in [3.63, 3.8) is 0 Å². The minimum atomic E-state index is -1.27. The number of urea groups is 1. The first-order chi connectivity index (χ1) is 7.36. The van der Waals surface area contributed by atoms with Gasteiger partial charge in [0.25, 0.3) is 0 Å². The molecule has 0 aliphatic rings. The third kappa shape index (κ3) is 6.20. The lowest BCUT2D eigenvalue weighted by Gasteiger charge is -2.19. The predicted octanol–water partition coefficient (Wildman–Crippen LogP) is -1.32. The van der Waals surface area contributed by atoms with Crippen molar-refractivity contribution in [1.29, 1.82) is 0 Å². The molecule has 0 aliphatic carbocycles. The normalized spacial score (nSPS) is 14.3. The zero-order valence-electron chi connectivity index (χ0n) is 9.73. The molecule has 0 radical (unpaired) electrons. The molecule has 2 unspecified atom stereocenters. The Bertz CT molecular complexity index is 245. The van der Waals surface area contributed by atoms with Crippen molar-refractivity contribution < 1.29 is 19.8 Å². The van der Waals surface area contributed by atoms with Crippen LogP contribution in [0.1, 0.15) is 6.92 Å². The number of aliphatic hydroxyl groups is 1. The maximum absolute atomic E-state index is 11.3. The molecule has 0 heterocycles. The van der Waals surface area contributed by atoms with Crippen LogP contribution in [0, 0.1) is 0 Å². The summed E-state index contributed by atoms with van der Waals surface area (Å²) in [6, 6.07) is -1.98. The average Bonchev–Trinajstić information content (AvgIpc) is 2.11. The van der Waals surface area contributed by atoms with E-state index in [1.165, 1.54) is 0 Å². The molecule has 94 valence electrons. The van der Waals surface area contributed by atoms with Gasteiger partial charge in [-0.05, 0) is 21.0 Å². The van der Waals surface area contributed by atoms with Gasteiger partial charge in [-0.3, -0.25) is 0 Å². The SMILES string of the molecule is CC(CN(C)C)NC(=O)NC(CO)C(=O)O. The van der Waals surface area contributed by atoms with Crippen LogP contribution in [0.25, 0.3) is 0 Å². The molecule has 0 aromatic heterocycles. The zero-order chi connectivity index (χ0) is 12.7.